The van der Waals surface area contributed by atoms with E-state index < -0.39 is 0 Å². The number of nitrogens with one attached hydrogen (secondary N) is 1. The predicted molar refractivity (Wildman–Crippen MR) is 82.5 cm³/mol. The van der Waals surface area contributed by atoms with E-state index >= 15 is 0 Å². The fraction of sp³-hybridized carbons (Fsp3) is 0.357. The molecule has 0 unspecified atom stereocenters. The van der Waals surface area contributed by atoms with Gasteiger partial charge in [-0.1, -0.05) is 11.6 Å². The van der Waals surface area contributed by atoms with Gasteiger partial charge in [0.2, 0.25) is 5.88 Å². The van der Waals surface area contributed by atoms with Gasteiger partial charge < -0.3 is 19.5 Å². The molecule has 0 aliphatic carbocycles. The Bertz CT molecular complexity index is 667. The third kappa shape index (κ3) is 2.99. The molecule has 0 spiro atoms. The molecule has 0 atom stereocenters. The molecule has 116 valence electrons. The minimum absolute atomic E-state index is 0.0354. The van der Waals surface area contributed by atoms with Crippen LogP contribution in [0.5, 0.6) is 5.88 Å². The highest BCUT2D eigenvalue weighted by atomic mass is 35.5. The Morgan fingerprint density at radius 1 is 1.27 bits per heavy atom. The molecule has 0 radical (unpaired) electrons. The lowest BCUT2D eigenvalue weighted by atomic mass is 10.2. The van der Waals surface area contributed by atoms with Crippen molar-refractivity contribution in [1.29, 1.82) is 0 Å². The Balaban J connectivity index is 1.63. The minimum atomic E-state index is -0.0354. The van der Waals surface area contributed by atoms with Crippen molar-refractivity contribution < 1.29 is 9.53 Å². The van der Waals surface area contributed by atoms with Crippen LogP contribution in [-0.2, 0) is 0 Å². The monoisotopic (exact) mass is 321 g/mol. The zero-order chi connectivity index (χ0) is 15.5. The van der Waals surface area contributed by atoms with Crippen molar-refractivity contribution in [2.75, 3.05) is 38.2 Å². The van der Waals surface area contributed by atoms with Gasteiger partial charge >= 0.3 is 0 Å². The molecule has 0 saturated carbocycles. The molecular formula is C14H16ClN5O2. The van der Waals surface area contributed by atoms with Crippen LogP contribution in [0.2, 0.25) is 5.02 Å². The number of piperazine rings is 1. The first kappa shape index (κ1) is 14.6. The molecule has 8 heteroatoms. The van der Waals surface area contributed by atoms with Crippen LogP contribution in [0, 0.1) is 0 Å². The average Bonchev–Trinajstić information content (AvgIpc) is 3.01. The van der Waals surface area contributed by atoms with Crippen molar-refractivity contribution in [2.24, 2.45) is 0 Å². The van der Waals surface area contributed by atoms with Gasteiger partial charge in [0, 0.05) is 38.4 Å². The van der Waals surface area contributed by atoms with Gasteiger partial charge in [0.15, 0.2) is 0 Å². The summed E-state index contributed by atoms with van der Waals surface area (Å²) >= 11 is 5.84. The van der Waals surface area contributed by atoms with Crippen molar-refractivity contribution in [2.45, 2.75) is 0 Å². The van der Waals surface area contributed by atoms with Gasteiger partial charge in [0.05, 0.1) is 12.1 Å². The van der Waals surface area contributed by atoms with E-state index in [2.05, 4.69) is 19.9 Å². The van der Waals surface area contributed by atoms with E-state index in [1.807, 2.05) is 0 Å². The van der Waals surface area contributed by atoms with E-state index in [9.17, 15) is 4.79 Å². The van der Waals surface area contributed by atoms with Gasteiger partial charge in [0.1, 0.15) is 17.8 Å². The highest BCUT2D eigenvalue weighted by Crippen LogP contribution is 2.18. The first-order valence-corrected chi connectivity index (χ1v) is 7.29. The SMILES string of the molecule is COc1cc(N2CCN(C(=O)c3cc(Cl)c[nH]3)CC2)ncn1. The molecule has 3 rings (SSSR count). The molecule has 1 N–H and O–H groups in total. The standard InChI is InChI=1S/C14H16ClN5O2/c1-22-13-7-12(17-9-18-13)19-2-4-20(5-3-19)14(21)11-6-10(15)8-16-11/h6-9,16H,2-5H2,1H3. The summed E-state index contributed by atoms with van der Waals surface area (Å²) in [6.07, 6.45) is 3.09. The van der Waals surface area contributed by atoms with Crippen molar-refractivity contribution in [3.8, 4) is 5.88 Å². The van der Waals surface area contributed by atoms with Crippen LogP contribution in [0.1, 0.15) is 10.5 Å². The maximum atomic E-state index is 12.3. The number of amides is 1. The van der Waals surface area contributed by atoms with Gasteiger partial charge in [-0.3, -0.25) is 4.79 Å². The highest BCUT2D eigenvalue weighted by molar-refractivity contribution is 6.30. The molecule has 7 nitrogen and oxygen atoms in total. The van der Waals surface area contributed by atoms with E-state index in [0.29, 0.717) is 42.8 Å². The number of ether oxygens (including phenoxy) is 1. The Kier molecular flexibility index (Phi) is 4.15. The van der Waals surface area contributed by atoms with Crippen LogP contribution in [0.25, 0.3) is 0 Å². The number of rotatable bonds is 3. The first-order valence-electron chi connectivity index (χ1n) is 6.91. The number of hydrogen-bond donors (Lipinski definition) is 1. The summed E-state index contributed by atoms with van der Waals surface area (Å²) in [6, 6.07) is 3.44. The molecule has 1 aliphatic heterocycles. The summed E-state index contributed by atoms with van der Waals surface area (Å²) in [5.74, 6) is 1.30. The van der Waals surface area contributed by atoms with Crippen molar-refractivity contribution >= 4 is 23.3 Å². The minimum Gasteiger partial charge on any atom is -0.481 e. The molecule has 1 aliphatic rings. The zero-order valence-corrected chi connectivity index (χ0v) is 12.9. The number of carbonyl (C=O) groups is 1. The summed E-state index contributed by atoms with van der Waals surface area (Å²) in [5, 5.41) is 0.537. The van der Waals surface area contributed by atoms with Crippen LogP contribution in [-0.4, -0.2) is 59.0 Å². The topological polar surface area (TPSA) is 74.3 Å². The Labute approximate surface area is 132 Å². The number of carbonyl (C=O) groups excluding carboxylic acids is 1. The summed E-state index contributed by atoms with van der Waals surface area (Å²) in [4.78, 5) is 27.4. The van der Waals surface area contributed by atoms with Gasteiger partial charge in [-0.15, -0.1) is 0 Å². The van der Waals surface area contributed by atoms with E-state index in [-0.39, 0.29) is 5.91 Å². The van der Waals surface area contributed by atoms with Crippen LogP contribution in [0.3, 0.4) is 0 Å². The average molecular weight is 322 g/mol. The molecule has 3 heterocycles. The maximum absolute atomic E-state index is 12.3. The lowest BCUT2D eigenvalue weighted by Crippen LogP contribution is -2.49. The second-order valence-electron chi connectivity index (χ2n) is 4.93. The lowest BCUT2D eigenvalue weighted by molar-refractivity contribution is 0.0741. The normalized spacial score (nSPS) is 15.0. The maximum Gasteiger partial charge on any atom is 0.270 e. The van der Waals surface area contributed by atoms with Gasteiger partial charge in [-0.25, -0.2) is 9.97 Å². The predicted octanol–water partition coefficient (Wildman–Crippen LogP) is 1.43. The van der Waals surface area contributed by atoms with E-state index in [1.54, 1.807) is 30.3 Å². The lowest BCUT2D eigenvalue weighted by Gasteiger charge is -2.35. The summed E-state index contributed by atoms with van der Waals surface area (Å²) in [5.41, 5.74) is 0.516. The molecule has 22 heavy (non-hydrogen) atoms. The van der Waals surface area contributed by atoms with Crippen LogP contribution < -0.4 is 9.64 Å². The number of anilines is 1. The van der Waals surface area contributed by atoms with Crippen LogP contribution in [0.4, 0.5) is 5.82 Å². The van der Waals surface area contributed by atoms with Crippen molar-refractivity contribution in [3.63, 3.8) is 0 Å². The van der Waals surface area contributed by atoms with Crippen LogP contribution in [0.15, 0.2) is 24.7 Å². The third-order valence-corrected chi connectivity index (χ3v) is 3.82. The smallest absolute Gasteiger partial charge is 0.270 e. The van der Waals surface area contributed by atoms with Gasteiger partial charge in [-0.2, -0.15) is 0 Å². The number of methoxy groups -OCH3 is 1. The van der Waals surface area contributed by atoms with Gasteiger partial charge in [-0.05, 0) is 6.07 Å². The summed E-state index contributed by atoms with van der Waals surface area (Å²) < 4.78 is 5.11. The third-order valence-electron chi connectivity index (χ3n) is 3.61. The van der Waals surface area contributed by atoms with E-state index in [0.717, 1.165) is 5.82 Å². The number of H-pyrrole nitrogens is 1. The van der Waals surface area contributed by atoms with E-state index in [1.165, 1.54) is 6.33 Å². The number of hydrogen-bond acceptors (Lipinski definition) is 5. The molecule has 1 saturated heterocycles. The molecular weight excluding hydrogens is 306 g/mol. The molecule has 1 amide bonds. The first-order chi connectivity index (χ1) is 10.7. The molecule has 2 aromatic heterocycles. The molecule has 0 bridgehead atoms. The number of aromatic amines is 1. The van der Waals surface area contributed by atoms with Crippen molar-refractivity contribution in [3.05, 3.63) is 35.4 Å². The molecule has 0 aromatic carbocycles. The van der Waals surface area contributed by atoms with E-state index in [4.69, 9.17) is 16.3 Å². The molecule has 1 fully saturated rings. The fourth-order valence-corrected chi connectivity index (χ4v) is 2.58. The van der Waals surface area contributed by atoms with Crippen molar-refractivity contribution in [1.82, 2.24) is 19.9 Å². The second-order valence-corrected chi connectivity index (χ2v) is 5.37. The zero-order valence-electron chi connectivity index (χ0n) is 12.1. The quantitative estimate of drug-likeness (QED) is 0.925. The summed E-state index contributed by atoms with van der Waals surface area (Å²) in [6.45, 7) is 2.67. The Hall–Kier alpha value is -2.28. The van der Waals surface area contributed by atoms with Gasteiger partial charge in [0.25, 0.3) is 5.91 Å². The Morgan fingerprint density at radius 3 is 2.68 bits per heavy atom. The number of aromatic nitrogens is 3. The summed E-state index contributed by atoms with van der Waals surface area (Å²) in [7, 11) is 1.57. The van der Waals surface area contributed by atoms with Crippen LogP contribution >= 0.6 is 11.6 Å². The molecule has 2 aromatic rings. The Morgan fingerprint density at radius 2 is 2.05 bits per heavy atom. The number of nitrogens with zero attached hydrogens (tertiary/aromatic N) is 4. The fourth-order valence-electron chi connectivity index (χ4n) is 2.41. The second kappa shape index (κ2) is 6.23. The largest absolute Gasteiger partial charge is 0.481 e. The highest BCUT2D eigenvalue weighted by Gasteiger charge is 2.23. The number of halogens is 1.